The van der Waals surface area contributed by atoms with Crippen LogP contribution in [-0.2, 0) is 11.3 Å². The van der Waals surface area contributed by atoms with E-state index in [9.17, 15) is 14.9 Å². The highest BCUT2D eigenvalue weighted by Crippen LogP contribution is 2.26. The Kier molecular flexibility index (Phi) is 6.29. The van der Waals surface area contributed by atoms with E-state index in [1.807, 2.05) is 11.8 Å². The summed E-state index contributed by atoms with van der Waals surface area (Å²) >= 11 is 3.15. The molecular weight excluding hydrogens is 370 g/mol. The lowest BCUT2D eigenvalue weighted by molar-refractivity contribution is -0.384. The Hall–Kier alpha value is -1.90. The maximum atomic E-state index is 12.7. The third-order valence-electron chi connectivity index (χ3n) is 4.38. The van der Waals surface area contributed by atoms with Gasteiger partial charge in [0, 0.05) is 49.8 Å². The SMILES string of the molecule is C[C@H](Sc1ccc([N+](=O)[O-])cc1)C(=O)N1CCN(Cc2ccsc2)CC1. The van der Waals surface area contributed by atoms with E-state index in [4.69, 9.17) is 0 Å². The summed E-state index contributed by atoms with van der Waals surface area (Å²) in [5.74, 6) is 0.128. The van der Waals surface area contributed by atoms with Gasteiger partial charge in [0.2, 0.25) is 5.91 Å². The van der Waals surface area contributed by atoms with Crippen LogP contribution in [0.5, 0.6) is 0 Å². The number of thioether (sulfide) groups is 1. The molecule has 0 aliphatic carbocycles. The van der Waals surface area contributed by atoms with Crippen molar-refractivity contribution >= 4 is 34.7 Å². The molecule has 0 spiro atoms. The van der Waals surface area contributed by atoms with E-state index in [0.29, 0.717) is 0 Å². The van der Waals surface area contributed by atoms with Crippen LogP contribution in [0, 0.1) is 10.1 Å². The number of carbonyl (C=O) groups excluding carboxylic acids is 1. The van der Waals surface area contributed by atoms with E-state index in [2.05, 4.69) is 21.7 Å². The van der Waals surface area contributed by atoms with Crippen LogP contribution in [0.25, 0.3) is 0 Å². The molecule has 3 rings (SSSR count). The van der Waals surface area contributed by atoms with Crippen LogP contribution in [-0.4, -0.2) is 52.1 Å². The number of thiophene rings is 1. The van der Waals surface area contributed by atoms with E-state index in [1.165, 1.54) is 29.5 Å². The van der Waals surface area contributed by atoms with Crippen molar-refractivity contribution in [2.45, 2.75) is 23.6 Å². The van der Waals surface area contributed by atoms with Gasteiger partial charge in [-0.1, -0.05) is 0 Å². The highest BCUT2D eigenvalue weighted by Gasteiger charge is 2.25. The highest BCUT2D eigenvalue weighted by molar-refractivity contribution is 8.00. The first kappa shape index (κ1) is 18.9. The smallest absolute Gasteiger partial charge is 0.269 e. The first-order valence-electron chi connectivity index (χ1n) is 8.46. The number of non-ortho nitro benzene ring substituents is 1. The van der Waals surface area contributed by atoms with Gasteiger partial charge < -0.3 is 4.90 Å². The molecule has 138 valence electrons. The van der Waals surface area contributed by atoms with Gasteiger partial charge in [0.25, 0.3) is 5.69 Å². The van der Waals surface area contributed by atoms with Crippen LogP contribution in [0.3, 0.4) is 0 Å². The predicted molar refractivity (Wildman–Crippen MR) is 105 cm³/mol. The van der Waals surface area contributed by atoms with Gasteiger partial charge >= 0.3 is 0 Å². The molecule has 2 heterocycles. The number of rotatable bonds is 6. The molecule has 1 aromatic heterocycles. The molecule has 2 aromatic rings. The molecule has 0 unspecified atom stereocenters. The summed E-state index contributed by atoms with van der Waals surface area (Å²) in [5.41, 5.74) is 1.40. The molecule has 0 saturated carbocycles. The molecule has 1 fully saturated rings. The molecule has 1 amide bonds. The monoisotopic (exact) mass is 391 g/mol. The van der Waals surface area contributed by atoms with Gasteiger partial charge in [-0.15, -0.1) is 11.8 Å². The van der Waals surface area contributed by atoms with Crippen molar-refractivity contribution in [2.24, 2.45) is 0 Å². The van der Waals surface area contributed by atoms with Crippen LogP contribution in [0.15, 0.2) is 46.0 Å². The summed E-state index contributed by atoms with van der Waals surface area (Å²) in [7, 11) is 0. The summed E-state index contributed by atoms with van der Waals surface area (Å²) < 4.78 is 0. The lowest BCUT2D eigenvalue weighted by atomic mass is 10.2. The van der Waals surface area contributed by atoms with Gasteiger partial charge in [0.15, 0.2) is 0 Å². The van der Waals surface area contributed by atoms with Crippen molar-refractivity contribution in [2.75, 3.05) is 26.2 Å². The molecule has 1 saturated heterocycles. The van der Waals surface area contributed by atoms with Gasteiger partial charge in [-0.2, -0.15) is 11.3 Å². The lowest BCUT2D eigenvalue weighted by Gasteiger charge is -2.35. The number of nitro groups is 1. The van der Waals surface area contributed by atoms with Gasteiger partial charge in [0.1, 0.15) is 0 Å². The van der Waals surface area contributed by atoms with Crippen LogP contribution < -0.4 is 0 Å². The number of carbonyl (C=O) groups is 1. The normalized spacial score (nSPS) is 16.4. The van der Waals surface area contributed by atoms with Gasteiger partial charge in [0.05, 0.1) is 10.2 Å². The Labute approximate surface area is 160 Å². The summed E-state index contributed by atoms with van der Waals surface area (Å²) in [6.07, 6.45) is 0. The van der Waals surface area contributed by atoms with Crippen molar-refractivity contribution in [1.82, 2.24) is 9.80 Å². The van der Waals surface area contributed by atoms with Gasteiger partial charge in [-0.25, -0.2) is 0 Å². The Bertz CT molecular complexity index is 742. The minimum absolute atomic E-state index is 0.0649. The van der Waals surface area contributed by atoms with Crippen LogP contribution in [0.4, 0.5) is 5.69 Å². The molecule has 0 bridgehead atoms. The molecule has 0 N–H and O–H groups in total. The second kappa shape index (κ2) is 8.66. The molecule has 1 atom stereocenters. The van der Waals surface area contributed by atoms with E-state index < -0.39 is 4.92 Å². The number of benzene rings is 1. The zero-order valence-electron chi connectivity index (χ0n) is 14.5. The minimum atomic E-state index is -0.418. The molecule has 0 radical (unpaired) electrons. The summed E-state index contributed by atoms with van der Waals surface area (Å²) in [4.78, 5) is 28.1. The summed E-state index contributed by atoms with van der Waals surface area (Å²) in [6, 6.07) is 8.49. The number of hydrogen-bond donors (Lipinski definition) is 0. The molecule has 1 aromatic carbocycles. The first-order chi connectivity index (χ1) is 12.5. The number of nitrogens with zero attached hydrogens (tertiary/aromatic N) is 3. The fraction of sp³-hybridized carbons (Fsp3) is 0.389. The van der Waals surface area contributed by atoms with Crippen molar-refractivity contribution in [3.63, 3.8) is 0 Å². The zero-order valence-corrected chi connectivity index (χ0v) is 16.2. The number of hydrogen-bond acceptors (Lipinski definition) is 6. The number of piperazine rings is 1. The van der Waals surface area contributed by atoms with Gasteiger partial charge in [-0.05, 0) is 41.4 Å². The fourth-order valence-electron chi connectivity index (χ4n) is 2.93. The molecule has 1 aliphatic heterocycles. The van der Waals surface area contributed by atoms with E-state index in [0.717, 1.165) is 37.6 Å². The fourth-order valence-corrected chi connectivity index (χ4v) is 4.54. The first-order valence-corrected chi connectivity index (χ1v) is 10.3. The average Bonchev–Trinajstić information content (AvgIpc) is 3.15. The van der Waals surface area contributed by atoms with Gasteiger partial charge in [-0.3, -0.25) is 19.8 Å². The standard InChI is InChI=1S/C18H21N3O3S2/c1-14(26-17-4-2-16(3-5-17)21(23)24)18(22)20-9-7-19(8-10-20)12-15-6-11-25-13-15/h2-6,11,13-14H,7-10,12H2,1H3/t14-/m0/s1. The summed E-state index contributed by atoms with van der Waals surface area (Å²) in [6.45, 7) is 6.10. The largest absolute Gasteiger partial charge is 0.339 e. The van der Waals surface area contributed by atoms with Crippen molar-refractivity contribution in [3.05, 3.63) is 56.8 Å². The number of nitro benzene ring substituents is 1. The van der Waals surface area contributed by atoms with Crippen molar-refractivity contribution in [3.8, 4) is 0 Å². The lowest BCUT2D eigenvalue weighted by Crippen LogP contribution is -2.50. The third-order valence-corrected chi connectivity index (χ3v) is 6.21. The zero-order chi connectivity index (χ0) is 18.5. The second-order valence-corrected chi connectivity index (χ2v) is 8.44. The van der Waals surface area contributed by atoms with Crippen LogP contribution in [0.2, 0.25) is 0 Å². The topological polar surface area (TPSA) is 66.7 Å². The Morgan fingerprint density at radius 1 is 1.23 bits per heavy atom. The summed E-state index contributed by atoms with van der Waals surface area (Å²) in [5, 5.41) is 14.8. The average molecular weight is 392 g/mol. The van der Waals surface area contributed by atoms with E-state index in [-0.39, 0.29) is 16.8 Å². The minimum Gasteiger partial charge on any atom is -0.339 e. The maximum Gasteiger partial charge on any atom is 0.269 e. The molecule has 26 heavy (non-hydrogen) atoms. The predicted octanol–water partition coefficient (Wildman–Crippen LogP) is 3.48. The maximum absolute atomic E-state index is 12.7. The Balaban J connectivity index is 1.48. The molecule has 8 heteroatoms. The molecular formula is C18H21N3O3S2. The Morgan fingerprint density at radius 2 is 1.92 bits per heavy atom. The van der Waals surface area contributed by atoms with Crippen LogP contribution in [0.1, 0.15) is 12.5 Å². The van der Waals surface area contributed by atoms with Crippen LogP contribution >= 0.6 is 23.1 Å². The highest BCUT2D eigenvalue weighted by atomic mass is 32.2. The van der Waals surface area contributed by atoms with Crippen molar-refractivity contribution < 1.29 is 9.72 Å². The number of amides is 1. The quantitative estimate of drug-likeness (QED) is 0.428. The second-order valence-electron chi connectivity index (χ2n) is 6.24. The van der Waals surface area contributed by atoms with E-state index in [1.54, 1.807) is 23.5 Å². The third kappa shape index (κ3) is 4.84. The Morgan fingerprint density at radius 3 is 2.50 bits per heavy atom. The molecule has 1 aliphatic rings. The molecule has 6 nitrogen and oxygen atoms in total. The van der Waals surface area contributed by atoms with E-state index >= 15 is 0 Å². The van der Waals surface area contributed by atoms with Crippen molar-refractivity contribution in [1.29, 1.82) is 0 Å².